The molecule has 1 aliphatic rings. The highest BCUT2D eigenvalue weighted by Gasteiger charge is 2.52. The summed E-state index contributed by atoms with van der Waals surface area (Å²) >= 11 is 0. The summed E-state index contributed by atoms with van der Waals surface area (Å²) in [6.45, 7) is 7.71. The van der Waals surface area contributed by atoms with Gasteiger partial charge in [-0.25, -0.2) is 13.4 Å². The van der Waals surface area contributed by atoms with Gasteiger partial charge in [0.2, 0.25) is 5.88 Å². The van der Waals surface area contributed by atoms with Crippen molar-refractivity contribution in [3.05, 3.63) is 48.8 Å². The number of sulfonamides is 1. The van der Waals surface area contributed by atoms with E-state index in [1.54, 1.807) is 6.07 Å². The fourth-order valence-corrected chi connectivity index (χ4v) is 4.43. The number of benzene rings is 1. The van der Waals surface area contributed by atoms with E-state index in [2.05, 4.69) is 14.7 Å². The van der Waals surface area contributed by atoms with Crippen LogP contribution in [-0.4, -0.2) is 43.8 Å². The van der Waals surface area contributed by atoms with Gasteiger partial charge in [-0.05, 0) is 45.9 Å². The Balaban J connectivity index is 1.69. The van der Waals surface area contributed by atoms with Crippen LogP contribution in [0, 0.1) is 0 Å². The molecule has 0 aliphatic carbocycles. The van der Waals surface area contributed by atoms with Gasteiger partial charge in [-0.1, -0.05) is 18.2 Å². The number of para-hydroxylation sites is 1. The monoisotopic (exact) mass is 441 g/mol. The number of nitrogens with zero attached hydrogens (tertiary/aromatic N) is 2. The third-order valence-corrected chi connectivity index (χ3v) is 7.07. The molecular formula is C21H24BN3O5S. The summed E-state index contributed by atoms with van der Waals surface area (Å²) in [6.07, 6.45) is 2.97. The number of aromatic nitrogens is 2. The van der Waals surface area contributed by atoms with Crippen LogP contribution in [0.5, 0.6) is 5.88 Å². The van der Waals surface area contributed by atoms with Crippen molar-refractivity contribution in [1.82, 2.24) is 9.97 Å². The average molecular weight is 441 g/mol. The average Bonchev–Trinajstić information content (AvgIpc) is 2.94. The van der Waals surface area contributed by atoms with Gasteiger partial charge < -0.3 is 14.0 Å². The largest absolute Gasteiger partial charge is 0.496 e. The Morgan fingerprint density at radius 3 is 2.35 bits per heavy atom. The number of hydrogen-bond acceptors (Lipinski definition) is 7. The molecule has 0 spiro atoms. The number of anilines is 1. The predicted octanol–water partition coefficient (Wildman–Crippen LogP) is 2.74. The summed E-state index contributed by atoms with van der Waals surface area (Å²) in [5, 5.41) is 0.818. The predicted molar refractivity (Wildman–Crippen MR) is 119 cm³/mol. The maximum atomic E-state index is 13.2. The molecule has 3 aromatic rings. The van der Waals surface area contributed by atoms with E-state index in [1.165, 1.54) is 25.6 Å². The molecule has 0 unspecified atom stereocenters. The van der Waals surface area contributed by atoms with Gasteiger partial charge in [-0.3, -0.25) is 9.71 Å². The van der Waals surface area contributed by atoms with Crippen LogP contribution in [0.15, 0.2) is 53.7 Å². The Kier molecular flexibility index (Phi) is 5.19. The quantitative estimate of drug-likeness (QED) is 0.608. The number of ether oxygens (including phenoxy) is 1. The molecule has 31 heavy (non-hydrogen) atoms. The normalized spacial score (nSPS) is 17.6. The minimum absolute atomic E-state index is 0.0264. The molecule has 3 heterocycles. The highest BCUT2D eigenvalue weighted by Crippen LogP contribution is 2.36. The Morgan fingerprint density at radius 1 is 1.00 bits per heavy atom. The number of methoxy groups -OCH3 is 1. The van der Waals surface area contributed by atoms with E-state index in [4.69, 9.17) is 14.0 Å². The lowest BCUT2D eigenvalue weighted by Crippen LogP contribution is -2.41. The first-order valence-corrected chi connectivity index (χ1v) is 11.3. The number of hydrogen-bond donors (Lipinski definition) is 1. The molecule has 10 heteroatoms. The second-order valence-electron chi connectivity index (χ2n) is 8.39. The van der Waals surface area contributed by atoms with E-state index in [9.17, 15) is 8.42 Å². The molecule has 4 rings (SSSR count). The van der Waals surface area contributed by atoms with Gasteiger partial charge in [0, 0.05) is 17.0 Å². The van der Waals surface area contributed by atoms with E-state index >= 15 is 0 Å². The minimum atomic E-state index is -4.02. The lowest BCUT2D eigenvalue weighted by Gasteiger charge is -2.32. The Bertz CT molecular complexity index is 1230. The highest BCUT2D eigenvalue weighted by atomic mass is 32.2. The number of pyridine rings is 2. The van der Waals surface area contributed by atoms with Crippen molar-refractivity contribution >= 4 is 39.2 Å². The zero-order chi connectivity index (χ0) is 22.4. The molecule has 2 aromatic heterocycles. The third-order valence-electron chi connectivity index (χ3n) is 5.69. The molecular weight excluding hydrogens is 417 g/mol. The topological polar surface area (TPSA) is 99.6 Å². The van der Waals surface area contributed by atoms with E-state index in [0.29, 0.717) is 11.2 Å². The van der Waals surface area contributed by atoms with Crippen molar-refractivity contribution in [1.29, 1.82) is 0 Å². The maximum absolute atomic E-state index is 13.2. The number of nitrogens with one attached hydrogen (secondary N) is 1. The molecule has 0 bridgehead atoms. The first kappa shape index (κ1) is 21.5. The van der Waals surface area contributed by atoms with Crippen LogP contribution in [0.2, 0.25) is 0 Å². The van der Waals surface area contributed by atoms with E-state index < -0.39 is 28.3 Å². The SMILES string of the molecule is COc1ncc(B2OC(C)(C)C(C)(C)O2)cc1S(=O)(=O)Nc1cnc2ccccc2c1. The summed E-state index contributed by atoms with van der Waals surface area (Å²) in [7, 11) is -3.40. The van der Waals surface area contributed by atoms with E-state index in [-0.39, 0.29) is 10.8 Å². The summed E-state index contributed by atoms with van der Waals surface area (Å²) in [4.78, 5) is 8.36. The molecule has 0 amide bonds. The van der Waals surface area contributed by atoms with Crippen molar-refractivity contribution in [3.63, 3.8) is 0 Å². The zero-order valence-corrected chi connectivity index (χ0v) is 18.9. The molecule has 1 aliphatic heterocycles. The van der Waals surface area contributed by atoms with E-state index in [1.807, 2.05) is 52.0 Å². The second-order valence-corrected chi connectivity index (χ2v) is 10.0. The Hall–Kier alpha value is -2.69. The van der Waals surface area contributed by atoms with E-state index in [0.717, 1.165) is 10.9 Å². The smallest absolute Gasteiger partial charge is 0.480 e. The van der Waals surface area contributed by atoms with Crippen LogP contribution in [0.4, 0.5) is 5.69 Å². The van der Waals surface area contributed by atoms with Gasteiger partial charge in [0.1, 0.15) is 4.90 Å². The second kappa shape index (κ2) is 7.47. The minimum Gasteiger partial charge on any atom is -0.480 e. The van der Waals surface area contributed by atoms with Gasteiger partial charge in [-0.15, -0.1) is 0 Å². The van der Waals surface area contributed by atoms with Gasteiger partial charge in [0.25, 0.3) is 10.0 Å². The van der Waals surface area contributed by atoms with Crippen LogP contribution < -0.4 is 14.9 Å². The van der Waals surface area contributed by atoms with Crippen molar-refractivity contribution in [2.75, 3.05) is 11.8 Å². The molecule has 0 atom stereocenters. The molecule has 1 aromatic carbocycles. The summed E-state index contributed by atoms with van der Waals surface area (Å²) in [6, 6.07) is 10.6. The Morgan fingerprint density at radius 2 is 1.68 bits per heavy atom. The molecule has 8 nitrogen and oxygen atoms in total. The summed E-state index contributed by atoms with van der Waals surface area (Å²) in [5.74, 6) is -0.0264. The number of fused-ring (bicyclic) bond motifs is 1. The Labute approximate surface area is 182 Å². The van der Waals surface area contributed by atoms with Gasteiger partial charge in [-0.2, -0.15) is 0 Å². The molecule has 1 N–H and O–H groups in total. The zero-order valence-electron chi connectivity index (χ0n) is 18.0. The first-order chi connectivity index (χ1) is 14.5. The standard InChI is InChI=1S/C21H24BN3O5S/c1-20(2)21(3,4)30-22(29-20)15-11-18(19(28-5)24-12-15)31(26,27)25-16-10-14-8-6-7-9-17(14)23-13-16/h6-13,25H,1-5H3. The molecule has 1 saturated heterocycles. The fourth-order valence-electron chi connectivity index (χ4n) is 3.24. The van der Waals surface area contributed by atoms with Gasteiger partial charge in [0.05, 0.1) is 35.7 Å². The van der Waals surface area contributed by atoms with Crippen molar-refractivity contribution in [2.45, 2.75) is 43.8 Å². The first-order valence-electron chi connectivity index (χ1n) is 9.80. The molecule has 1 fully saturated rings. The summed E-state index contributed by atoms with van der Waals surface area (Å²) < 4.78 is 46.2. The molecule has 0 saturated carbocycles. The van der Waals surface area contributed by atoms with Gasteiger partial charge >= 0.3 is 7.12 Å². The van der Waals surface area contributed by atoms with Crippen LogP contribution >= 0.6 is 0 Å². The van der Waals surface area contributed by atoms with Crippen LogP contribution in [0.25, 0.3) is 10.9 Å². The lowest BCUT2D eigenvalue weighted by atomic mass is 9.80. The van der Waals surface area contributed by atoms with Crippen LogP contribution in [0.3, 0.4) is 0 Å². The lowest BCUT2D eigenvalue weighted by molar-refractivity contribution is 0.00578. The molecule has 162 valence electrons. The molecule has 0 radical (unpaired) electrons. The van der Waals surface area contributed by atoms with Gasteiger partial charge in [0.15, 0.2) is 0 Å². The fraction of sp³-hybridized carbons (Fsp3) is 0.333. The van der Waals surface area contributed by atoms with Crippen molar-refractivity contribution in [2.24, 2.45) is 0 Å². The summed E-state index contributed by atoms with van der Waals surface area (Å²) in [5.41, 5.74) is 0.461. The van der Waals surface area contributed by atoms with Crippen molar-refractivity contribution < 1.29 is 22.5 Å². The maximum Gasteiger partial charge on any atom is 0.496 e. The van der Waals surface area contributed by atoms with Crippen molar-refractivity contribution in [3.8, 4) is 5.88 Å². The van der Waals surface area contributed by atoms with Crippen LogP contribution in [-0.2, 0) is 19.3 Å². The third kappa shape index (κ3) is 3.98. The highest BCUT2D eigenvalue weighted by molar-refractivity contribution is 7.92. The number of rotatable bonds is 5. The van der Waals surface area contributed by atoms with Crippen LogP contribution in [0.1, 0.15) is 27.7 Å².